The molecule has 1 aromatic carbocycles. The van der Waals surface area contributed by atoms with Gasteiger partial charge in [0.1, 0.15) is 0 Å². The topological polar surface area (TPSA) is 37.4 Å². The summed E-state index contributed by atoms with van der Waals surface area (Å²) in [5.74, 6) is 0. The fourth-order valence-electron chi connectivity index (χ4n) is 1.09. The second-order valence-electron chi connectivity index (χ2n) is 3.21. The van der Waals surface area contributed by atoms with Gasteiger partial charge in [-0.05, 0) is 12.1 Å². The maximum absolute atomic E-state index is 12.9. The Kier molecular flexibility index (Phi) is 3.78. The van der Waals surface area contributed by atoms with E-state index in [1.807, 2.05) is 0 Å². The number of hydrogen-bond acceptors (Lipinski definition) is 2. The van der Waals surface area contributed by atoms with Gasteiger partial charge in [-0.2, -0.15) is 17.5 Å². The maximum Gasteiger partial charge on any atom is 0.434 e. The lowest BCUT2D eigenvalue weighted by Gasteiger charge is -2.22. The van der Waals surface area contributed by atoms with Crippen LogP contribution in [0.1, 0.15) is 0 Å². The molecule has 0 fully saturated rings. The van der Waals surface area contributed by atoms with Gasteiger partial charge in [0.2, 0.25) is 10.0 Å². The molecule has 0 radical (unpaired) electrons. The van der Waals surface area contributed by atoms with Crippen molar-refractivity contribution in [1.29, 1.82) is 0 Å². The number of alkyl halides is 4. The summed E-state index contributed by atoms with van der Waals surface area (Å²) in [6.45, 7) is 0. The molecule has 1 atom stereocenters. The summed E-state index contributed by atoms with van der Waals surface area (Å²) in [5, 5.41) is 0. The molecular formula is C9H9F4NO2S. The van der Waals surface area contributed by atoms with Crippen LogP contribution in [0.25, 0.3) is 0 Å². The highest BCUT2D eigenvalue weighted by molar-refractivity contribution is 7.89. The molecule has 0 aliphatic rings. The van der Waals surface area contributed by atoms with E-state index in [0.29, 0.717) is 7.05 Å². The van der Waals surface area contributed by atoms with Crippen LogP contribution >= 0.6 is 0 Å². The van der Waals surface area contributed by atoms with Crippen molar-refractivity contribution in [2.45, 2.75) is 17.4 Å². The Morgan fingerprint density at radius 1 is 1.18 bits per heavy atom. The first kappa shape index (κ1) is 13.9. The van der Waals surface area contributed by atoms with Gasteiger partial charge in [-0.1, -0.05) is 18.2 Å². The predicted molar refractivity (Wildman–Crippen MR) is 52.3 cm³/mol. The molecule has 1 aromatic rings. The summed E-state index contributed by atoms with van der Waals surface area (Å²) < 4.78 is 72.0. The molecule has 0 unspecified atom stereocenters. The Bertz CT molecular complexity index is 472. The monoisotopic (exact) mass is 271 g/mol. The van der Waals surface area contributed by atoms with Crippen LogP contribution in [0.2, 0.25) is 0 Å². The molecule has 0 saturated carbocycles. The minimum Gasteiger partial charge on any atom is -0.219 e. The number of hydrogen-bond donors (Lipinski definition) is 0. The van der Waals surface area contributed by atoms with Crippen molar-refractivity contribution in [2.75, 3.05) is 7.05 Å². The normalized spacial score (nSPS) is 14.9. The third kappa shape index (κ3) is 2.95. The Hall–Kier alpha value is -1.15. The van der Waals surface area contributed by atoms with Crippen molar-refractivity contribution < 1.29 is 26.0 Å². The first-order valence-electron chi connectivity index (χ1n) is 4.41. The fourth-order valence-corrected chi connectivity index (χ4v) is 2.28. The lowest BCUT2D eigenvalue weighted by atomic mass is 10.4. The Labute approximate surface area is 95.7 Å². The number of sulfonamides is 1. The highest BCUT2D eigenvalue weighted by Gasteiger charge is 2.47. The van der Waals surface area contributed by atoms with Gasteiger partial charge in [0.05, 0.1) is 4.90 Å². The van der Waals surface area contributed by atoms with Crippen LogP contribution in [-0.4, -0.2) is 32.2 Å². The molecule has 0 aliphatic heterocycles. The average Bonchev–Trinajstić information content (AvgIpc) is 2.27. The van der Waals surface area contributed by atoms with E-state index in [4.69, 9.17) is 0 Å². The zero-order chi connectivity index (χ0) is 13.3. The summed E-state index contributed by atoms with van der Waals surface area (Å²) in [7, 11) is -3.94. The Morgan fingerprint density at radius 3 is 2.06 bits per heavy atom. The van der Waals surface area contributed by atoms with Crippen LogP contribution in [0.15, 0.2) is 35.2 Å². The van der Waals surface area contributed by atoms with Crippen molar-refractivity contribution in [3.05, 3.63) is 30.3 Å². The molecule has 0 amide bonds. The van der Waals surface area contributed by atoms with Gasteiger partial charge in [0, 0.05) is 7.05 Å². The van der Waals surface area contributed by atoms with Crippen molar-refractivity contribution >= 4 is 10.0 Å². The van der Waals surface area contributed by atoms with Crippen molar-refractivity contribution in [2.24, 2.45) is 0 Å². The summed E-state index contributed by atoms with van der Waals surface area (Å²) in [6.07, 6.45) is -8.82. The molecule has 96 valence electrons. The van der Waals surface area contributed by atoms with Gasteiger partial charge < -0.3 is 0 Å². The third-order valence-corrected chi connectivity index (χ3v) is 3.82. The maximum atomic E-state index is 12.9. The van der Waals surface area contributed by atoms with Crippen LogP contribution in [0.4, 0.5) is 17.6 Å². The van der Waals surface area contributed by atoms with Gasteiger partial charge in [-0.25, -0.2) is 12.8 Å². The molecule has 0 saturated heterocycles. The molecule has 8 heteroatoms. The first-order chi connectivity index (χ1) is 7.67. The third-order valence-electron chi connectivity index (χ3n) is 2.01. The van der Waals surface area contributed by atoms with Gasteiger partial charge in [0.15, 0.2) is 0 Å². The van der Waals surface area contributed by atoms with Crippen LogP contribution in [-0.2, 0) is 10.0 Å². The number of nitrogens with zero attached hydrogens (tertiary/aromatic N) is 1. The molecule has 0 aliphatic carbocycles. The van der Waals surface area contributed by atoms with E-state index in [9.17, 15) is 26.0 Å². The molecule has 0 spiro atoms. The average molecular weight is 271 g/mol. The smallest absolute Gasteiger partial charge is 0.219 e. The fraction of sp³-hybridized carbons (Fsp3) is 0.333. The van der Waals surface area contributed by atoms with Crippen molar-refractivity contribution in [3.63, 3.8) is 0 Å². The van der Waals surface area contributed by atoms with Crippen molar-refractivity contribution in [1.82, 2.24) is 4.31 Å². The summed E-state index contributed by atoms with van der Waals surface area (Å²) in [4.78, 5) is -0.394. The number of rotatable bonds is 3. The van der Waals surface area contributed by atoms with Gasteiger partial charge >= 0.3 is 6.18 Å². The highest BCUT2D eigenvalue weighted by atomic mass is 32.2. The minimum atomic E-state index is -5.25. The minimum absolute atomic E-state index is 0.345. The van der Waals surface area contributed by atoms with E-state index < -0.39 is 27.4 Å². The number of halogens is 4. The number of benzene rings is 1. The summed E-state index contributed by atoms with van der Waals surface area (Å²) >= 11 is 0. The van der Waals surface area contributed by atoms with E-state index in [1.54, 1.807) is 0 Å². The zero-order valence-corrected chi connectivity index (χ0v) is 9.46. The molecule has 17 heavy (non-hydrogen) atoms. The van der Waals surface area contributed by atoms with Gasteiger partial charge in [0.25, 0.3) is 6.30 Å². The van der Waals surface area contributed by atoms with Crippen LogP contribution in [0, 0.1) is 0 Å². The molecule has 1 rings (SSSR count). The van der Waals surface area contributed by atoms with E-state index in [2.05, 4.69) is 0 Å². The van der Waals surface area contributed by atoms with E-state index in [-0.39, 0.29) is 4.31 Å². The van der Waals surface area contributed by atoms with E-state index >= 15 is 0 Å². The van der Waals surface area contributed by atoms with E-state index in [0.717, 1.165) is 12.1 Å². The predicted octanol–water partition coefficient (Wildman–Crippen LogP) is 2.17. The van der Waals surface area contributed by atoms with Crippen LogP contribution in [0.5, 0.6) is 0 Å². The quantitative estimate of drug-likeness (QED) is 0.624. The van der Waals surface area contributed by atoms with Crippen molar-refractivity contribution in [3.8, 4) is 0 Å². The molecule has 0 heterocycles. The van der Waals surface area contributed by atoms with Gasteiger partial charge in [-0.3, -0.25) is 0 Å². The Balaban J connectivity index is 3.09. The molecule has 3 nitrogen and oxygen atoms in total. The summed E-state index contributed by atoms with van der Waals surface area (Å²) in [5.41, 5.74) is 0. The van der Waals surface area contributed by atoms with Crippen LogP contribution < -0.4 is 0 Å². The molecular weight excluding hydrogens is 262 g/mol. The molecule has 0 N–H and O–H groups in total. The molecule has 0 bridgehead atoms. The SMILES string of the molecule is CN([C@@H](F)C(F)(F)F)S(=O)(=O)c1ccccc1. The van der Waals surface area contributed by atoms with Crippen LogP contribution in [0.3, 0.4) is 0 Å². The Morgan fingerprint density at radius 2 is 1.65 bits per heavy atom. The standard InChI is InChI=1S/C9H9F4NO2S/c1-14(8(10)9(11,12)13)17(15,16)7-5-3-2-4-6-7/h2-6,8H,1H3/t8-/m1/s1. The summed E-state index contributed by atoms with van der Waals surface area (Å²) in [6, 6.07) is 6.35. The second kappa shape index (κ2) is 4.61. The van der Waals surface area contributed by atoms with Gasteiger partial charge in [-0.15, -0.1) is 0 Å². The zero-order valence-electron chi connectivity index (χ0n) is 8.65. The lowest BCUT2D eigenvalue weighted by Crippen LogP contribution is -2.43. The largest absolute Gasteiger partial charge is 0.434 e. The molecule has 0 aromatic heterocycles. The highest BCUT2D eigenvalue weighted by Crippen LogP contribution is 2.28. The lowest BCUT2D eigenvalue weighted by molar-refractivity contribution is -0.205. The first-order valence-corrected chi connectivity index (χ1v) is 5.85. The van der Waals surface area contributed by atoms with E-state index in [1.165, 1.54) is 18.2 Å². The second-order valence-corrected chi connectivity index (χ2v) is 5.21.